The second-order valence-electron chi connectivity index (χ2n) is 5.88. The third kappa shape index (κ3) is 3.73. The van der Waals surface area contributed by atoms with Gasteiger partial charge >= 0.3 is 6.18 Å². The molecule has 0 aliphatic heterocycles. The highest BCUT2D eigenvalue weighted by atomic mass is 19.4. The summed E-state index contributed by atoms with van der Waals surface area (Å²) in [5.41, 5.74) is -0.403. The number of halogens is 3. The van der Waals surface area contributed by atoms with Crippen molar-refractivity contribution in [2.75, 3.05) is 0 Å². The highest BCUT2D eigenvalue weighted by molar-refractivity contribution is 6.05. The maximum atomic E-state index is 12.8. The predicted molar refractivity (Wildman–Crippen MR) is 90.1 cm³/mol. The maximum Gasteiger partial charge on any atom is 0.416 e. The molecule has 140 valence electrons. The van der Waals surface area contributed by atoms with Gasteiger partial charge in [0.2, 0.25) is 0 Å². The molecule has 1 aromatic heterocycles. The van der Waals surface area contributed by atoms with Gasteiger partial charge in [-0.15, -0.1) is 0 Å². The van der Waals surface area contributed by atoms with Crippen LogP contribution in [0.25, 0.3) is 10.9 Å². The summed E-state index contributed by atoms with van der Waals surface area (Å²) in [6.07, 6.45) is -4.49. The van der Waals surface area contributed by atoms with Gasteiger partial charge in [0.25, 0.3) is 11.6 Å². The van der Waals surface area contributed by atoms with E-state index in [1.165, 1.54) is 37.3 Å². The summed E-state index contributed by atoms with van der Waals surface area (Å²) < 4.78 is 38.5. The van der Waals surface area contributed by atoms with E-state index in [-0.39, 0.29) is 22.3 Å². The summed E-state index contributed by atoms with van der Waals surface area (Å²) in [5, 5.41) is 20.2. The lowest BCUT2D eigenvalue weighted by molar-refractivity contribution is -0.384. The number of benzene rings is 2. The fraction of sp³-hybridized carbons (Fsp3) is 0.176. The quantitative estimate of drug-likeness (QED) is 0.530. The van der Waals surface area contributed by atoms with Gasteiger partial charge in [-0.05, 0) is 30.7 Å². The van der Waals surface area contributed by atoms with Gasteiger partial charge in [0.15, 0.2) is 5.69 Å². The van der Waals surface area contributed by atoms with Crippen LogP contribution in [0.2, 0.25) is 0 Å². The molecule has 0 saturated carbocycles. The van der Waals surface area contributed by atoms with Crippen molar-refractivity contribution < 1.29 is 22.9 Å². The van der Waals surface area contributed by atoms with Crippen molar-refractivity contribution in [1.29, 1.82) is 0 Å². The predicted octanol–water partition coefficient (Wildman–Crippen LogP) is 3.98. The number of hydrogen-bond donors (Lipinski definition) is 2. The van der Waals surface area contributed by atoms with E-state index < -0.39 is 28.6 Å². The van der Waals surface area contributed by atoms with Crippen molar-refractivity contribution in [3.63, 3.8) is 0 Å². The molecule has 1 atom stereocenters. The smallest absolute Gasteiger partial charge is 0.344 e. The number of alkyl halides is 3. The first kappa shape index (κ1) is 18.4. The average molecular weight is 378 g/mol. The van der Waals surface area contributed by atoms with E-state index in [0.717, 1.165) is 12.1 Å². The number of nitrogens with one attached hydrogen (secondary N) is 2. The van der Waals surface area contributed by atoms with Crippen LogP contribution in [0.5, 0.6) is 0 Å². The Kier molecular flexibility index (Phi) is 4.56. The van der Waals surface area contributed by atoms with Crippen molar-refractivity contribution in [1.82, 2.24) is 15.5 Å². The SMILES string of the molecule is CC(NC(=O)c1n[nH]c2ccc([N+](=O)[O-])cc12)c1cccc(C(F)(F)F)c1. The van der Waals surface area contributed by atoms with Crippen molar-refractivity contribution in [3.05, 3.63) is 69.4 Å². The second kappa shape index (κ2) is 6.71. The van der Waals surface area contributed by atoms with Crippen molar-refractivity contribution in [2.45, 2.75) is 19.1 Å². The Bertz CT molecular complexity index is 1030. The Morgan fingerprint density at radius 2 is 2.00 bits per heavy atom. The first-order valence-electron chi connectivity index (χ1n) is 7.77. The highest BCUT2D eigenvalue weighted by Crippen LogP contribution is 2.31. The molecule has 27 heavy (non-hydrogen) atoms. The molecule has 0 bridgehead atoms. The number of aromatic amines is 1. The topological polar surface area (TPSA) is 101 Å². The third-order valence-electron chi connectivity index (χ3n) is 4.03. The summed E-state index contributed by atoms with van der Waals surface area (Å²) in [7, 11) is 0. The fourth-order valence-corrected chi connectivity index (χ4v) is 2.62. The summed E-state index contributed by atoms with van der Waals surface area (Å²) in [4.78, 5) is 22.8. The molecule has 1 amide bonds. The molecule has 0 aliphatic carbocycles. The van der Waals surface area contributed by atoms with Crippen LogP contribution in [-0.4, -0.2) is 21.0 Å². The Labute approximate surface area is 150 Å². The Hall–Kier alpha value is -3.43. The van der Waals surface area contributed by atoms with E-state index in [1.807, 2.05) is 0 Å². The number of nitro benzene ring substituents is 1. The van der Waals surface area contributed by atoms with Gasteiger partial charge < -0.3 is 5.32 Å². The van der Waals surface area contributed by atoms with Crippen LogP contribution in [0.4, 0.5) is 18.9 Å². The molecule has 10 heteroatoms. The lowest BCUT2D eigenvalue weighted by atomic mass is 10.0. The van der Waals surface area contributed by atoms with Crippen LogP contribution >= 0.6 is 0 Å². The van der Waals surface area contributed by atoms with Gasteiger partial charge in [-0.25, -0.2) is 0 Å². The molecule has 3 aromatic rings. The Morgan fingerprint density at radius 1 is 1.26 bits per heavy atom. The van der Waals surface area contributed by atoms with Crippen LogP contribution in [0, 0.1) is 10.1 Å². The summed E-state index contributed by atoms with van der Waals surface area (Å²) in [5.74, 6) is -0.661. The molecular formula is C17H13F3N4O3. The first-order chi connectivity index (χ1) is 12.7. The summed E-state index contributed by atoms with van der Waals surface area (Å²) >= 11 is 0. The van der Waals surface area contributed by atoms with Crippen molar-refractivity contribution in [3.8, 4) is 0 Å². The molecule has 1 unspecified atom stereocenters. The van der Waals surface area contributed by atoms with Gasteiger partial charge in [-0.2, -0.15) is 18.3 Å². The number of aromatic nitrogens is 2. The number of amides is 1. The number of carbonyl (C=O) groups excluding carboxylic acids is 1. The van der Waals surface area contributed by atoms with E-state index in [2.05, 4.69) is 15.5 Å². The number of carbonyl (C=O) groups is 1. The number of rotatable bonds is 4. The molecule has 7 nitrogen and oxygen atoms in total. The van der Waals surface area contributed by atoms with Gasteiger partial charge in [-0.1, -0.05) is 12.1 Å². The number of hydrogen-bond acceptors (Lipinski definition) is 4. The molecule has 0 fully saturated rings. The van der Waals surface area contributed by atoms with Crippen LogP contribution in [0.3, 0.4) is 0 Å². The fourth-order valence-electron chi connectivity index (χ4n) is 2.62. The minimum Gasteiger partial charge on any atom is -0.344 e. The standard InChI is InChI=1S/C17H13F3N4O3/c1-9(10-3-2-4-11(7-10)17(18,19)20)21-16(25)15-13-8-12(24(26)27)5-6-14(13)22-23-15/h2-9H,1H3,(H,21,25)(H,22,23). The van der Waals surface area contributed by atoms with E-state index in [4.69, 9.17) is 0 Å². The Morgan fingerprint density at radius 3 is 2.67 bits per heavy atom. The Balaban J connectivity index is 1.86. The number of nitro groups is 1. The number of fused-ring (bicyclic) bond motifs is 1. The van der Waals surface area contributed by atoms with Crippen molar-refractivity contribution >= 4 is 22.5 Å². The van der Waals surface area contributed by atoms with Gasteiger partial charge in [0, 0.05) is 17.5 Å². The number of nitrogens with zero attached hydrogens (tertiary/aromatic N) is 2. The first-order valence-corrected chi connectivity index (χ1v) is 7.77. The van der Waals surface area contributed by atoms with Gasteiger partial charge in [0.05, 0.1) is 22.0 Å². The monoisotopic (exact) mass is 378 g/mol. The average Bonchev–Trinajstić information content (AvgIpc) is 3.04. The zero-order valence-corrected chi connectivity index (χ0v) is 13.9. The lowest BCUT2D eigenvalue weighted by Gasteiger charge is -2.15. The maximum absolute atomic E-state index is 12.8. The summed E-state index contributed by atoms with van der Waals surface area (Å²) in [6.45, 7) is 1.53. The molecule has 0 aliphatic rings. The number of H-pyrrole nitrogens is 1. The van der Waals surface area contributed by atoms with E-state index in [0.29, 0.717) is 5.52 Å². The zero-order chi connectivity index (χ0) is 19.8. The highest BCUT2D eigenvalue weighted by Gasteiger charge is 2.31. The minimum atomic E-state index is -4.49. The third-order valence-corrected chi connectivity index (χ3v) is 4.03. The molecule has 2 N–H and O–H groups in total. The van der Waals surface area contributed by atoms with Gasteiger partial charge in [0.1, 0.15) is 0 Å². The molecule has 1 heterocycles. The van der Waals surface area contributed by atoms with Crippen LogP contribution in [0.15, 0.2) is 42.5 Å². The molecule has 0 radical (unpaired) electrons. The largest absolute Gasteiger partial charge is 0.416 e. The minimum absolute atomic E-state index is 0.0764. The van der Waals surface area contributed by atoms with Crippen molar-refractivity contribution in [2.24, 2.45) is 0 Å². The molecule has 2 aromatic carbocycles. The zero-order valence-electron chi connectivity index (χ0n) is 13.9. The molecule has 0 spiro atoms. The normalized spacial score (nSPS) is 12.7. The van der Waals surface area contributed by atoms with E-state index in [1.54, 1.807) is 0 Å². The summed E-state index contributed by atoms with van der Waals surface area (Å²) in [6, 6.07) is 7.80. The van der Waals surface area contributed by atoms with Crippen LogP contribution in [0.1, 0.15) is 34.6 Å². The number of non-ortho nitro benzene ring substituents is 1. The van der Waals surface area contributed by atoms with Crippen LogP contribution < -0.4 is 5.32 Å². The molecule has 0 saturated heterocycles. The molecular weight excluding hydrogens is 365 g/mol. The van der Waals surface area contributed by atoms with E-state index in [9.17, 15) is 28.1 Å². The molecule has 3 rings (SSSR count). The van der Waals surface area contributed by atoms with Crippen LogP contribution in [-0.2, 0) is 6.18 Å². The lowest BCUT2D eigenvalue weighted by Crippen LogP contribution is -2.27. The van der Waals surface area contributed by atoms with E-state index >= 15 is 0 Å². The van der Waals surface area contributed by atoms with Gasteiger partial charge in [-0.3, -0.25) is 20.0 Å². The second-order valence-corrected chi connectivity index (χ2v) is 5.88.